The van der Waals surface area contributed by atoms with Crippen molar-refractivity contribution in [1.29, 1.82) is 0 Å². The lowest BCUT2D eigenvalue weighted by molar-refractivity contribution is -0.137. The van der Waals surface area contributed by atoms with Crippen LogP contribution in [-0.2, 0) is 14.8 Å². The maximum atomic E-state index is 12.5. The molecule has 0 aromatic heterocycles. The van der Waals surface area contributed by atoms with Crippen LogP contribution in [0.5, 0.6) is 0 Å². The molecule has 0 amide bonds. The van der Waals surface area contributed by atoms with Crippen molar-refractivity contribution in [2.75, 3.05) is 13.1 Å². The van der Waals surface area contributed by atoms with E-state index in [0.717, 1.165) is 9.87 Å². The van der Waals surface area contributed by atoms with Crippen LogP contribution in [0.1, 0.15) is 26.3 Å². The number of carboxylic acid groups (broad SMARTS) is 1. The summed E-state index contributed by atoms with van der Waals surface area (Å²) in [6, 6.07) is 6.40. The molecule has 1 N–H and O–H groups in total. The summed E-state index contributed by atoms with van der Waals surface area (Å²) in [5.41, 5.74) is 0.622. The molecule has 1 aromatic rings. The van der Waals surface area contributed by atoms with Gasteiger partial charge in [-0.15, -0.1) is 0 Å². The average molecular weight is 299 g/mol. The first kappa shape index (κ1) is 16.7. The van der Waals surface area contributed by atoms with Gasteiger partial charge in [-0.3, -0.25) is 4.79 Å². The monoisotopic (exact) mass is 299 g/mol. The number of hydrogen-bond acceptors (Lipinski definition) is 3. The van der Waals surface area contributed by atoms with E-state index in [9.17, 15) is 13.2 Å². The summed E-state index contributed by atoms with van der Waals surface area (Å²) in [7, 11) is -3.79. The highest BCUT2D eigenvalue weighted by Gasteiger charge is 2.30. The Kier molecular flexibility index (Phi) is 4.94. The predicted octanol–water partition coefficient (Wildman–Crippen LogP) is 2.12. The Labute approximate surface area is 120 Å². The first-order chi connectivity index (χ1) is 9.02. The third-order valence-electron chi connectivity index (χ3n) is 2.62. The van der Waals surface area contributed by atoms with Gasteiger partial charge in [-0.05, 0) is 24.5 Å². The minimum absolute atomic E-state index is 0.119. The summed E-state index contributed by atoms with van der Waals surface area (Å²) < 4.78 is 26.1. The highest BCUT2D eigenvalue weighted by atomic mass is 32.2. The van der Waals surface area contributed by atoms with Crippen LogP contribution < -0.4 is 0 Å². The van der Waals surface area contributed by atoms with Crippen LogP contribution in [0, 0.1) is 12.3 Å². The summed E-state index contributed by atoms with van der Waals surface area (Å²) in [6.45, 7) is 7.08. The van der Waals surface area contributed by atoms with Crippen molar-refractivity contribution in [3.05, 3.63) is 29.8 Å². The van der Waals surface area contributed by atoms with Crippen LogP contribution in [0.2, 0.25) is 0 Å². The minimum Gasteiger partial charge on any atom is -0.480 e. The molecule has 0 aliphatic carbocycles. The summed E-state index contributed by atoms with van der Waals surface area (Å²) in [4.78, 5) is 11.0. The van der Waals surface area contributed by atoms with Gasteiger partial charge in [0.05, 0.1) is 4.90 Å². The number of benzene rings is 1. The first-order valence-corrected chi connectivity index (χ1v) is 7.75. The van der Waals surface area contributed by atoms with Crippen molar-refractivity contribution in [3.8, 4) is 0 Å². The van der Waals surface area contributed by atoms with E-state index in [4.69, 9.17) is 5.11 Å². The molecule has 0 atom stereocenters. The number of carbonyl (C=O) groups is 1. The van der Waals surface area contributed by atoms with Crippen molar-refractivity contribution >= 4 is 16.0 Å². The fourth-order valence-corrected chi connectivity index (χ4v) is 3.38. The van der Waals surface area contributed by atoms with Crippen LogP contribution in [0.4, 0.5) is 0 Å². The molecular weight excluding hydrogens is 278 g/mol. The standard InChI is InChI=1S/C14H21NO4S/c1-11-5-7-12(8-6-11)20(18,19)15(9-13(16)17)10-14(2,3)4/h5-8H,9-10H2,1-4H3,(H,16,17). The molecular formula is C14H21NO4S. The zero-order chi connectivity index (χ0) is 15.6. The van der Waals surface area contributed by atoms with Gasteiger partial charge in [-0.25, -0.2) is 8.42 Å². The normalized spacial score (nSPS) is 12.7. The SMILES string of the molecule is Cc1ccc(S(=O)(=O)N(CC(=O)O)CC(C)(C)C)cc1. The van der Waals surface area contributed by atoms with Gasteiger partial charge in [0, 0.05) is 6.54 Å². The number of sulfonamides is 1. The van der Waals surface area contributed by atoms with Gasteiger partial charge in [0.15, 0.2) is 0 Å². The zero-order valence-corrected chi connectivity index (χ0v) is 13.1. The average Bonchev–Trinajstić information content (AvgIpc) is 2.26. The van der Waals surface area contributed by atoms with Crippen LogP contribution in [0.3, 0.4) is 0 Å². The molecule has 0 aliphatic heterocycles. The summed E-state index contributed by atoms with van der Waals surface area (Å²) in [5.74, 6) is -1.16. The van der Waals surface area contributed by atoms with Crippen LogP contribution in [-0.4, -0.2) is 36.9 Å². The van der Waals surface area contributed by atoms with E-state index in [2.05, 4.69) is 0 Å². The predicted molar refractivity (Wildman–Crippen MR) is 77.0 cm³/mol. The van der Waals surface area contributed by atoms with Gasteiger partial charge in [-0.1, -0.05) is 38.5 Å². The quantitative estimate of drug-likeness (QED) is 0.903. The van der Waals surface area contributed by atoms with Gasteiger partial charge >= 0.3 is 5.97 Å². The molecule has 1 aromatic carbocycles. The molecule has 20 heavy (non-hydrogen) atoms. The maximum Gasteiger partial charge on any atom is 0.318 e. The first-order valence-electron chi connectivity index (χ1n) is 6.31. The van der Waals surface area contributed by atoms with Crippen molar-refractivity contribution in [1.82, 2.24) is 4.31 Å². The topological polar surface area (TPSA) is 74.7 Å². The molecule has 0 fully saturated rings. The summed E-state index contributed by atoms with van der Waals surface area (Å²) in [5, 5.41) is 8.93. The van der Waals surface area contributed by atoms with E-state index < -0.39 is 22.5 Å². The fourth-order valence-electron chi connectivity index (χ4n) is 1.77. The number of hydrogen-bond donors (Lipinski definition) is 1. The lowest BCUT2D eigenvalue weighted by atomic mass is 9.97. The van der Waals surface area contributed by atoms with E-state index in [-0.39, 0.29) is 16.9 Å². The number of rotatable bonds is 5. The maximum absolute atomic E-state index is 12.5. The van der Waals surface area contributed by atoms with Crippen LogP contribution >= 0.6 is 0 Å². The van der Waals surface area contributed by atoms with E-state index >= 15 is 0 Å². The Balaban J connectivity index is 3.16. The highest BCUT2D eigenvalue weighted by molar-refractivity contribution is 7.89. The number of aryl methyl sites for hydroxylation is 1. The molecule has 0 spiro atoms. The molecule has 0 unspecified atom stereocenters. The lowest BCUT2D eigenvalue weighted by Crippen LogP contribution is -2.41. The Morgan fingerprint density at radius 2 is 1.70 bits per heavy atom. The second-order valence-corrected chi connectivity index (χ2v) is 7.98. The van der Waals surface area contributed by atoms with E-state index in [0.29, 0.717) is 0 Å². The molecule has 1 rings (SSSR count). The van der Waals surface area contributed by atoms with E-state index in [1.54, 1.807) is 12.1 Å². The smallest absolute Gasteiger partial charge is 0.318 e. The van der Waals surface area contributed by atoms with Crippen molar-refractivity contribution in [2.45, 2.75) is 32.6 Å². The minimum atomic E-state index is -3.79. The second kappa shape index (κ2) is 5.93. The number of aliphatic carboxylic acids is 1. The largest absolute Gasteiger partial charge is 0.480 e. The molecule has 6 heteroatoms. The van der Waals surface area contributed by atoms with Crippen LogP contribution in [0.25, 0.3) is 0 Å². The molecule has 0 saturated heterocycles. The van der Waals surface area contributed by atoms with Gasteiger partial charge in [0.2, 0.25) is 10.0 Å². The summed E-state index contributed by atoms with van der Waals surface area (Å²) in [6.07, 6.45) is 0. The van der Waals surface area contributed by atoms with Crippen LogP contribution in [0.15, 0.2) is 29.2 Å². The van der Waals surface area contributed by atoms with Gasteiger partial charge in [0.1, 0.15) is 6.54 Å². The molecule has 0 bridgehead atoms. The van der Waals surface area contributed by atoms with Gasteiger partial charge < -0.3 is 5.11 Å². The molecule has 0 aliphatic rings. The van der Waals surface area contributed by atoms with E-state index in [1.807, 2.05) is 27.7 Å². The van der Waals surface area contributed by atoms with Gasteiger partial charge in [-0.2, -0.15) is 4.31 Å². The molecule has 0 saturated carbocycles. The Hall–Kier alpha value is -1.40. The second-order valence-electron chi connectivity index (χ2n) is 6.04. The molecule has 0 heterocycles. The molecule has 5 nitrogen and oxygen atoms in total. The van der Waals surface area contributed by atoms with Gasteiger partial charge in [0.25, 0.3) is 0 Å². The number of carboxylic acids is 1. The number of nitrogens with zero attached hydrogens (tertiary/aromatic N) is 1. The highest BCUT2D eigenvalue weighted by Crippen LogP contribution is 2.22. The Morgan fingerprint density at radius 3 is 2.10 bits per heavy atom. The zero-order valence-electron chi connectivity index (χ0n) is 12.3. The third kappa shape index (κ3) is 4.61. The fraction of sp³-hybridized carbons (Fsp3) is 0.500. The third-order valence-corrected chi connectivity index (χ3v) is 4.43. The Bertz CT molecular complexity index is 570. The Morgan fingerprint density at radius 1 is 1.20 bits per heavy atom. The summed E-state index contributed by atoms with van der Waals surface area (Å²) >= 11 is 0. The van der Waals surface area contributed by atoms with E-state index in [1.165, 1.54) is 12.1 Å². The molecule has 112 valence electrons. The molecule has 0 radical (unpaired) electrons. The van der Waals surface area contributed by atoms with Crippen molar-refractivity contribution < 1.29 is 18.3 Å². The lowest BCUT2D eigenvalue weighted by Gasteiger charge is -2.28. The van der Waals surface area contributed by atoms with Crippen molar-refractivity contribution in [3.63, 3.8) is 0 Å². The van der Waals surface area contributed by atoms with Crippen molar-refractivity contribution in [2.24, 2.45) is 5.41 Å².